The zero-order chi connectivity index (χ0) is 18.8. The van der Waals surface area contributed by atoms with Gasteiger partial charge in [-0.15, -0.1) is 17.1 Å². The minimum Gasteiger partial charge on any atom is -0.493 e. The van der Waals surface area contributed by atoms with Crippen LogP contribution in [-0.2, 0) is 6.61 Å². The molecule has 0 bridgehead atoms. The minimum absolute atomic E-state index is 0.327. The number of methoxy groups -OCH3 is 1. The fraction of sp³-hybridized carbons (Fsp3) is 0.158. The van der Waals surface area contributed by atoms with Gasteiger partial charge in [-0.25, -0.2) is 0 Å². The van der Waals surface area contributed by atoms with Crippen molar-refractivity contribution in [3.8, 4) is 11.5 Å². The van der Waals surface area contributed by atoms with Crippen molar-refractivity contribution in [2.45, 2.75) is 6.61 Å². The molecule has 2 rings (SSSR count). The predicted octanol–water partition coefficient (Wildman–Crippen LogP) is 1.99. The Morgan fingerprint density at radius 3 is 2.81 bits per heavy atom. The molecule has 0 aliphatic heterocycles. The molecule has 0 aliphatic carbocycles. The van der Waals surface area contributed by atoms with E-state index in [1.807, 2.05) is 42.5 Å². The second kappa shape index (κ2) is 10.4. The van der Waals surface area contributed by atoms with Gasteiger partial charge in [-0.1, -0.05) is 41.9 Å². The quantitative estimate of drug-likeness (QED) is 0.278. The summed E-state index contributed by atoms with van der Waals surface area (Å²) in [5, 5.41) is 7.01. The fourth-order valence-electron chi connectivity index (χ4n) is 2.12. The molecule has 0 aliphatic rings. The summed E-state index contributed by atoms with van der Waals surface area (Å²) in [6, 6.07) is 13.2. The fourth-order valence-corrected chi connectivity index (χ4v) is 2.45. The predicted molar refractivity (Wildman–Crippen MR) is 109 cm³/mol. The maximum Gasteiger partial charge on any atom is 0.224 e. The van der Waals surface area contributed by atoms with Crippen LogP contribution in [0.15, 0.2) is 55.1 Å². The lowest BCUT2D eigenvalue weighted by Gasteiger charge is -2.13. The zero-order valence-corrected chi connectivity index (χ0v) is 16.0. The molecule has 0 saturated carbocycles. The highest BCUT2D eigenvalue weighted by molar-refractivity contribution is 7.80. The normalized spacial score (nSPS) is 10.4. The first-order chi connectivity index (χ1) is 12.7. The Hall–Kier alpha value is -2.57. The molecule has 136 valence electrons. The summed E-state index contributed by atoms with van der Waals surface area (Å²) in [7, 11) is 1.60. The third-order valence-corrected chi connectivity index (χ3v) is 3.99. The lowest BCUT2D eigenvalue weighted by molar-refractivity contribution is -0.500. The van der Waals surface area contributed by atoms with Gasteiger partial charge < -0.3 is 14.8 Å². The molecule has 0 atom stereocenters. The van der Waals surface area contributed by atoms with E-state index >= 15 is 0 Å². The maximum absolute atomic E-state index is 6.19. The van der Waals surface area contributed by atoms with Crippen molar-refractivity contribution < 1.29 is 14.6 Å². The molecule has 7 heteroatoms. The average Bonchev–Trinajstić information content (AvgIpc) is 2.66. The second-order valence-corrected chi connectivity index (χ2v) is 5.99. The van der Waals surface area contributed by atoms with Gasteiger partial charge in [-0.05, 0) is 30.4 Å². The molecule has 2 aromatic carbocycles. The molecular formula is C19H21ClN3O2S+. The van der Waals surface area contributed by atoms with Crippen LogP contribution in [0.25, 0.3) is 0 Å². The van der Waals surface area contributed by atoms with Gasteiger partial charge in [0, 0.05) is 17.1 Å². The molecule has 26 heavy (non-hydrogen) atoms. The highest BCUT2D eigenvalue weighted by atomic mass is 35.5. The van der Waals surface area contributed by atoms with E-state index < -0.39 is 0 Å². The zero-order valence-electron chi connectivity index (χ0n) is 14.4. The van der Waals surface area contributed by atoms with Crippen molar-refractivity contribution in [2.24, 2.45) is 0 Å². The van der Waals surface area contributed by atoms with Crippen molar-refractivity contribution >= 4 is 35.1 Å². The van der Waals surface area contributed by atoms with E-state index in [9.17, 15) is 0 Å². The molecule has 0 amide bonds. The van der Waals surface area contributed by atoms with Crippen molar-refractivity contribution in [1.29, 1.82) is 0 Å². The lowest BCUT2D eigenvalue weighted by atomic mass is 10.2. The van der Waals surface area contributed by atoms with E-state index in [0.29, 0.717) is 34.8 Å². The van der Waals surface area contributed by atoms with Crippen LogP contribution in [0.1, 0.15) is 11.1 Å². The van der Waals surface area contributed by atoms with Crippen LogP contribution >= 0.6 is 23.8 Å². The number of hydrogen-bond acceptors (Lipinski definition) is 3. The van der Waals surface area contributed by atoms with Gasteiger partial charge in [0.1, 0.15) is 6.61 Å². The number of hydrogen-bond donors (Lipinski definition) is 3. The number of thiocarbonyl (C=S) groups is 1. The van der Waals surface area contributed by atoms with Gasteiger partial charge in [0.15, 0.2) is 11.5 Å². The molecule has 3 N–H and O–H groups in total. The van der Waals surface area contributed by atoms with E-state index in [1.54, 1.807) is 19.4 Å². The van der Waals surface area contributed by atoms with Crippen LogP contribution in [0.2, 0.25) is 5.02 Å². The Labute approximate surface area is 163 Å². The Bertz CT molecular complexity index is 796. The largest absolute Gasteiger partial charge is 0.493 e. The number of rotatable bonds is 8. The lowest BCUT2D eigenvalue weighted by Crippen LogP contribution is -2.82. The van der Waals surface area contributed by atoms with Gasteiger partial charge in [0.05, 0.1) is 12.7 Å². The summed E-state index contributed by atoms with van der Waals surface area (Å²) in [5.41, 5.74) is 4.56. The molecule has 0 fully saturated rings. The SMILES string of the molecule is C=CCNC(=S)N[NH+]=Cc1cccc(OC)c1OCc1ccccc1Cl. The summed E-state index contributed by atoms with van der Waals surface area (Å²) >= 11 is 11.3. The molecule has 0 unspecified atom stereocenters. The molecule has 0 saturated heterocycles. The number of ether oxygens (including phenoxy) is 2. The third kappa shape index (κ3) is 5.75. The van der Waals surface area contributed by atoms with Gasteiger partial charge >= 0.3 is 0 Å². The standard InChI is InChI=1S/C19H20ClN3O2S/c1-3-11-21-19(26)23-22-12-14-8-6-10-17(24-2)18(14)25-13-15-7-4-5-9-16(15)20/h3-10,12H,1,11,13H2,2H3,(H2,21,23,26)/p+1. The summed E-state index contributed by atoms with van der Waals surface area (Å²) in [6.45, 7) is 4.53. The van der Waals surface area contributed by atoms with Crippen molar-refractivity contribution in [3.05, 3.63) is 71.3 Å². The molecule has 0 aromatic heterocycles. The summed E-state index contributed by atoms with van der Waals surface area (Å²) in [5.74, 6) is 1.23. The molecule has 0 radical (unpaired) electrons. The number of hydrazone groups is 1. The maximum atomic E-state index is 6.19. The Morgan fingerprint density at radius 1 is 1.27 bits per heavy atom. The van der Waals surface area contributed by atoms with Crippen LogP contribution < -0.4 is 25.3 Å². The Kier molecular flexibility index (Phi) is 7.92. The van der Waals surface area contributed by atoms with E-state index in [-0.39, 0.29) is 0 Å². The summed E-state index contributed by atoms with van der Waals surface area (Å²) in [4.78, 5) is 0. The van der Waals surface area contributed by atoms with Crippen molar-refractivity contribution in [1.82, 2.24) is 10.7 Å². The van der Waals surface area contributed by atoms with E-state index in [2.05, 4.69) is 22.4 Å². The van der Waals surface area contributed by atoms with Gasteiger partial charge in [0.2, 0.25) is 11.3 Å². The highest BCUT2D eigenvalue weighted by Gasteiger charge is 2.12. The van der Waals surface area contributed by atoms with E-state index in [0.717, 1.165) is 11.1 Å². The van der Waals surface area contributed by atoms with Gasteiger partial charge in [0.25, 0.3) is 0 Å². The first kappa shape index (κ1) is 19.8. The number of benzene rings is 2. The van der Waals surface area contributed by atoms with Crippen LogP contribution in [0, 0.1) is 0 Å². The summed E-state index contributed by atoms with van der Waals surface area (Å²) in [6.07, 6.45) is 3.47. The highest BCUT2D eigenvalue weighted by Crippen LogP contribution is 2.31. The third-order valence-electron chi connectivity index (χ3n) is 3.38. The monoisotopic (exact) mass is 390 g/mol. The number of hydrazine groups is 1. The molecule has 0 spiro atoms. The van der Waals surface area contributed by atoms with E-state index in [4.69, 9.17) is 33.3 Å². The van der Waals surface area contributed by atoms with Crippen LogP contribution in [0.5, 0.6) is 11.5 Å². The number of halogens is 1. The van der Waals surface area contributed by atoms with Crippen LogP contribution in [0.4, 0.5) is 0 Å². The first-order valence-electron chi connectivity index (χ1n) is 7.92. The first-order valence-corrected chi connectivity index (χ1v) is 8.71. The van der Waals surface area contributed by atoms with Gasteiger partial charge in [-0.2, -0.15) is 0 Å². The topological polar surface area (TPSA) is 56.5 Å². The molecular weight excluding hydrogens is 370 g/mol. The number of para-hydroxylation sites is 1. The average molecular weight is 391 g/mol. The summed E-state index contributed by atoms with van der Waals surface area (Å²) < 4.78 is 11.4. The molecule has 0 heterocycles. The Balaban J connectivity index is 2.13. The molecule has 2 aromatic rings. The van der Waals surface area contributed by atoms with Crippen LogP contribution in [-0.4, -0.2) is 25.0 Å². The van der Waals surface area contributed by atoms with Crippen molar-refractivity contribution in [3.63, 3.8) is 0 Å². The second-order valence-electron chi connectivity index (χ2n) is 5.17. The minimum atomic E-state index is 0.327. The van der Waals surface area contributed by atoms with E-state index in [1.165, 1.54) is 0 Å². The van der Waals surface area contributed by atoms with Crippen LogP contribution in [0.3, 0.4) is 0 Å². The molecule has 5 nitrogen and oxygen atoms in total. The Morgan fingerprint density at radius 2 is 2.08 bits per heavy atom. The van der Waals surface area contributed by atoms with Gasteiger partial charge in [-0.3, -0.25) is 0 Å². The number of nitrogens with one attached hydrogen (secondary N) is 3. The van der Waals surface area contributed by atoms with Crippen molar-refractivity contribution in [2.75, 3.05) is 13.7 Å². The smallest absolute Gasteiger partial charge is 0.224 e.